The largest absolute Gasteiger partial charge is 0.384 e. The summed E-state index contributed by atoms with van der Waals surface area (Å²) in [6, 6.07) is 0. The van der Waals surface area contributed by atoms with Crippen molar-refractivity contribution in [3.8, 4) is 0 Å². The van der Waals surface area contributed by atoms with Gasteiger partial charge in [-0.1, -0.05) is 30.6 Å². The summed E-state index contributed by atoms with van der Waals surface area (Å²) in [5.41, 5.74) is 4.91. The topological polar surface area (TPSA) is 59.1 Å². The first-order valence-electron chi connectivity index (χ1n) is 4.65. The van der Waals surface area contributed by atoms with Crippen LogP contribution in [0.25, 0.3) is 0 Å². The summed E-state index contributed by atoms with van der Waals surface area (Å²) in [5, 5.41) is 10.8. The summed E-state index contributed by atoms with van der Waals surface area (Å²) in [4.78, 5) is 4.91. The van der Waals surface area contributed by atoms with Crippen LogP contribution in [0.1, 0.15) is 37.0 Å². The molecule has 1 aliphatic carbocycles. The summed E-state index contributed by atoms with van der Waals surface area (Å²) >= 11 is 1.41. The first-order chi connectivity index (χ1) is 6.21. The highest BCUT2D eigenvalue weighted by Crippen LogP contribution is 2.39. The van der Waals surface area contributed by atoms with E-state index >= 15 is 0 Å². The molecule has 0 aromatic carbocycles. The normalized spacial score (nSPS) is 21.6. The van der Waals surface area contributed by atoms with Gasteiger partial charge in [-0.15, -0.1) is 0 Å². The molecule has 72 valence electrons. The second-order valence-electron chi connectivity index (χ2n) is 3.65. The highest BCUT2D eigenvalue weighted by atomic mass is 32.1. The number of aromatic nitrogens is 1. The van der Waals surface area contributed by atoms with Gasteiger partial charge in [0.05, 0.1) is 4.88 Å². The molecule has 1 aliphatic rings. The Morgan fingerprint density at radius 1 is 1.38 bits per heavy atom. The van der Waals surface area contributed by atoms with Gasteiger partial charge in [-0.3, -0.25) is 0 Å². The molecule has 0 atom stereocenters. The number of nitrogens with zero attached hydrogens (tertiary/aromatic N) is 1. The van der Waals surface area contributed by atoms with E-state index in [0.29, 0.717) is 5.13 Å². The zero-order valence-corrected chi connectivity index (χ0v) is 8.31. The molecule has 0 unspecified atom stereocenters. The molecule has 1 aromatic rings. The standard InChI is InChI=1S/C9H14N2OS/c10-8-11-6-7(13-8)9(12)4-2-1-3-5-9/h6,12H,1-5H2,(H2,10,11). The summed E-state index contributed by atoms with van der Waals surface area (Å²) in [5.74, 6) is 0. The fourth-order valence-electron chi connectivity index (χ4n) is 1.89. The van der Waals surface area contributed by atoms with Crippen LogP contribution in [0.4, 0.5) is 5.13 Å². The maximum atomic E-state index is 10.3. The molecular weight excluding hydrogens is 184 g/mol. The summed E-state index contributed by atoms with van der Waals surface area (Å²) in [7, 11) is 0. The number of nitrogen functional groups attached to an aromatic ring is 1. The Morgan fingerprint density at radius 2 is 2.08 bits per heavy atom. The zero-order chi connectivity index (χ0) is 9.31. The number of hydrogen-bond donors (Lipinski definition) is 2. The van der Waals surface area contributed by atoms with Crippen molar-refractivity contribution in [2.75, 3.05) is 5.73 Å². The molecule has 0 saturated heterocycles. The SMILES string of the molecule is Nc1ncc(C2(O)CCCCC2)s1. The second-order valence-corrected chi connectivity index (χ2v) is 4.72. The molecule has 0 radical (unpaired) electrons. The van der Waals surface area contributed by atoms with Crippen molar-refractivity contribution in [3.05, 3.63) is 11.1 Å². The Hall–Kier alpha value is -0.610. The first kappa shape index (κ1) is 8.97. The van der Waals surface area contributed by atoms with Crippen LogP contribution < -0.4 is 5.73 Å². The molecule has 1 aromatic heterocycles. The van der Waals surface area contributed by atoms with Crippen LogP contribution in [-0.2, 0) is 5.60 Å². The average Bonchev–Trinajstić information content (AvgIpc) is 2.54. The van der Waals surface area contributed by atoms with Crippen LogP contribution in [-0.4, -0.2) is 10.1 Å². The van der Waals surface area contributed by atoms with Crippen molar-refractivity contribution in [1.82, 2.24) is 4.98 Å². The van der Waals surface area contributed by atoms with E-state index < -0.39 is 5.60 Å². The molecule has 2 rings (SSSR count). The van der Waals surface area contributed by atoms with Gasteiger partial charge in [-0.2, -0.15) is 0 Å². The highest BCUT2D eigenvalue weighted by Gasteiger charge is 2.32. The molecule has 1 fully saturated rings. The van der Waals surface area contributed by atoms with Gasteiger partial charge in [0, 0.05) is 6.20 Å². The minimum absolute atomic E-state index is 0.550. The molecule has 1 heterocycles. The van der Waals surface area contributed by atoms with Crippen LogP contribution in [0.3, 0.4) is 0 Å². The number of rotatable bonds is 1. The average molecular weight is 198 g/mol. The monoisotopic (exact) mass is 198 g/mol. The Labute approximate surface area is 81.6 Å². The van der Waals surface area contributed by atoms with E-state index in [2.05, 4.69) is 4.98 Å². The number of hydrogen-bond acceptors (Lipinski definition) is 4. The third kappa shape index (κ3) is 1.69. The van der Waals surface area contributed by atoms with Crippen molar-refractivity contribution >= 4 is 16.5 Å². The third-order valence-corrected chi connectivity index (χ3v) is 3.68. The molecule has 0 aliphatic heterocycles. The van der Waals surface area contributed by atoms with E-state index in [1.54, 1.807) is 6.20 Å². The molecule has 0 spiro atoms. The summed E-state index contributed by atoms with van der Waals surface area (Å²) < 4.78 is 0. The van der Waals surface area contributed by atoms with Gasteiger partial charge in [0.1, 0.15) is 5.60 Å². The third-order valence-electron chi connectivity index (χ3n) is 2.66. The minimum atomic E-state index is -0.631. The molecule has 1 saturated carbocycles. The van der Waals surface area contributed by atoms with Crippen molar-refractivity contribution in [2.45, 2.75) is 37.7 Å². The lowest BCUT2D eigenvalue weighted by Crippen LogP contribution is -2.27. The van der Waals surface area contributed by atoms with Gasteiger partial charge in [0.25, 0.3) is 0 Å². The van der Waals surface area contributed by atoms with Crippen LogP contribution in [0.2, 0.25) is 0 Å². The maximum absolute atomic E-state index is 10.3. The fraction of sp³-hybridized carbons (Fsp3) is 0.667. The number of aliphatic hydroxyl groups is 1. The van der Waals surface area contributed by atoms with Gasteiger partial charge in [-0.05, 0) is 12.8 Å². The zero-order valence-electron chi connectivity index (χ0n) is 7.49. The van der Waals surface area contributed by atoms with E-state index in [4.69, 9.17) is 5.73 Å². The van der Waals surface area contributed by atoms with E-state index in [9.17, 15) is 5.11 Å². The fourth-order valence-corrected chi connectivity index (χ4v) is 2.72. The van der Waals surface area contributed by atoms with Crippen LogP contribution >= 0.6 is 11.3 Å². The molecule has 3 N–H and O–H groups in total. The van der Waals surface area contributed by atoms with Gasteiger partial charge in [0.15, 0.2) is 5.13 Å². The second kappa shape index (κ2) is 3.27. The van der Waals surface area contributed by atoms with Gasteiger partial charge in [-0.25, -0.2) is 4.98 Å². The lowest BCUT2D eigenvalue weighted by atomic mass is 9.84. The van der Waals surface area contributed by atoms with E-state index in [0.717, 1.165) is 30.6 Å². The van der Waals surface area contributed by atoms with Crippen LogP contribution in [0.15, 0.2) is 6.20 Å². The molecule has 3 nitrogen and oxygen atoms in total. The molecule has 4 heteroatoms. The van der Waals surface area contributed by atoms with Crippen molar-refractivity contribution < 1.29 is 5.11 Å². The van der Waals surface area contributed by atoms with Crippen molar-refractivity contribution in [2.24, 2.45) is 0 Å². The van der Waals surface area contributed by atoms with Gasteiger partial charge in [0.2, 0.25) is 0 Å². The number of nitrogens with two attached hydrogens (primary N) is 1. The minimum Gasteiger partial charge on any atom is -0.384 e. The molecule has 0 amide bonds. The molecule has 0 bridgehead atoms. The predicted octanol–water partition coefficient (Wildman–Crippen LogP) is 1.88. The lowest BCUT2D eigenvalue weighted by molar-refractivity contribution is 0.00265. The Morgan fingerprint density at radius 3 is 2.62 bits per heavy atom. The van der Waals surface area contributed by atoms with Crippen molar-refractivity contribution in [1.29, 1.82) is 0 Å². The smallest absolute Gasteiger partial charge is 0.180 e. The summed E-state index contributed by atoms with van der Waals surface area (Å²) in [6.07, 6.45) is 6.87. The van der Waals surface area contributed by atoms with E-state index in [1.165, 1.54) is 17.8 Å². The van der Waals surface area contributed by atoms with E-state index in [1.807, 2.05) is 0 Å². The van der Waals surface area contributed by atoms with Crippen LogP contribution in [0, 0.1) is 0 Å². The predicted molar refractivity (Wildman–Crippen MR) is 53.5 cm³/mol. The molecular formula is C9H14N2OS. The highest BCUT2D eigenvalue weighted by molar-refractivity contribution is 7.15. The Bertz CT molecular complexity index is 292. The number of anilines is 1. The molecule has 13 heavy (non-hydrogen) atoms. The number of thiazole rings is 1. The quantitative estimate of drug-likeness (QED) is 0.724. The Balaban J connectivity index is 2.22. The van der Waals surface area contributed by atoms with Gasteiger partial charge >= 0.3 is 0 Å². The van der Waals surface area contributed by atoms with Crippen LogP contribution in [0.5, 0.6) is 0 Å². The Kier molecular flexibility index (Phi) is 2.26. The summed E-state index contributed by atoms with van der Waals surface area (Å²) in [6.45, 7) is 0. The van der Waals surface area contributed by atoms with E-state index in [-0.39, 0.29) is 0 Å². The first-order valence-corrected chi connectivity index (χ1v) is 5.46. The van der Waals surface area contributed by atoms with Crippen molar-refractivity contribution in [3.63, 3.8) is 0 Å². The maximum Gasteiger partial charge on any atom is 0.180 e. The van der Waals surface area contributed by atoms with Gasteiger partial charge < -0.3 is 10.8 Å². The lowest BCUT2D eigenvalue weighted by Gasteiger charge is -2.30.